The van der Waals surface area contributed by atoms with Crippen LogP contribution in [0.4, 0.5) is 13.6 Å². The molecule has 0 fully saturated rings. The van der Waals surface area contributed by atoms with Gasteiger partial charge in [-0.15, -0.1) is 11.8 Å². The van der Waals surface area contributed by atoms with E-state index in [1.807, 2.05) is 55.7 Å². The SMILES string of the molecule is C[C@H](NC(=O)OCc1ccccc1)C(=O)N[C@@H](C)C(=O)N[C@@H](CC(N)=O)C(=O)NCCCN(C(=O)CSC[C@H](NC(=O)CCOCCOCCOCCOCCNC(=O)CN1C(=O)C=CC1=O)C(=O)O)C(c1cc(-c2cc(F)ccc2F)cn1Cc1ccccc1)C(C)(C)C. The van der Waals surface area contributed by atoms with E-state index in [0.717, 1.165) is 52.6 Å². The molecule has 10 amide bonds. The molecule has 27 nitrogen and oxygen atoms in total. The van der Waals surface area contributed by atoms with Crippen LogP contribution in [0.3, 0.4) is 0 Å². The molecule has 1 aliphatic heterocycles. The monoisotopic (exact) mass is 1350 g/mol. The summed E-state index contributed by atoms with van der Waals surface area (Å²) in [5.41, 5.74) is 7.03. The second-order valence-electron chi connectivity index (χ2n) is 22.9. The highest BCUT2D eigenvalue weighted by Gasteiger charge is 2.38. The molecule has 516 valence electrons. The number of nitrogens with one attached hydrogen (secondary N) is 6. The Kier molecular flexibility index (Phi) is 31.9. The van der Waals surface area contributed by atoms with Gasteiger partial charge in [0.05, 0.1) is 71.1 Å². The number of carbonyl (C=O) groups is 11. The van der Waals surface area contributed by atoms with Gasteiger partial charge in [0.25, 0.3) is 11.8 Å². The minimum Gasteiger partial charge on any atom is -0.480 e. The Labute approximate surface area is 553 Å². The van der Waals surface area contributed by atoms with Crippen LogP contribution in [0.15, 0.2) is 103 Å². The second-order valence-corrected chi connectivity index (χ2v) is 23.9. The summed E-state index contributed by atoms with van der Waals surface area (Å²) in [6.07, 6.45) is 2.18. The summed E-state index contributed by atoms with van der Waals surface area (Å²) in [4.78, 5) is 143. The minimum atomic E-state index is -1.52. The van der Waals surface area contributed by atoms with Crippen LogP contribution in [-0.2, 0) is 84.8 Å². The number of ether oxygens (including phenoxy) is 5. The number of thioether (sulfide) groups is 1. The molecule has 0 saturated carbocycles. The number of benzene rings is 3. The summed E-state index contributed by atoms with van der Waals surface area (Å²) in [6.45, 7) is 9.41. The number of amides is 10. The van der Waals surface area contributed by atoms with Gasteiger partial charge in [-0.25, -0.2) is 18.4 Å². The van der Waals surface area contributed by atoms with Crippen LogP contribution < -0.4 is 37.6 Å². The zero-order valence-corrected chi connectivity index (χ0v) is 54.5. The lowest BCUT2D eigenvalue weighted by Gasteiger charge is -2.41. The Hall–Kier alpha value is -9.10. The quantitative estimate of drug-likeness (QED) is 0.0233. The standard InChI is InChI=1S/C65H84F2N10O17S/c1-42(71-60(84)43(2)72-64(89)94-39-45-15-10-7-11-16-45)61(85)74-50(35-53(68)78)62(86)70-22-12-24-76(59(65(3,4)5)52-33-46(48-34-47(66)17-18-49(48)67)37-75(52)36-44-13-8-6-9-14-44)58(83)41-95-40-51(63(87)88)73-54(79)21-25-90-27-29-92-31-32-93-30-28-91-26-23-69-55(80)38-77-56(81)19-20-57(77)82/h6-11,13-20,33-34,37,42-43,50-51,59H,12,21-32,35-36,38-41H2,1-5H3,(H2,68,78)(H,69,80)(H,70,86)(H,71,84)(H,72,89)(H,73,79)(H,74,85)(H,87,88)/t42-,43-,50-,51-,59?/m0/s1. The molecule has 0 saturated heterocycles. The van der Waals surface area contributed by atoms with Crippen LogP contribution >= 0.6 is 11.8 Å². The maximum Gasteiger partial charge on any atom is 0.408 e. The molecule has 0 spiro atoms. The smallest absolute Gasteiger partial charge is 0.408 e. The van der Waals surface area contributed by atoms with E-state index in [0.29, 0.717) is 16.8 Å². The van der Waals surface area contributed by atoms with Crippen LogP contribution in [0.25, 0.3) is 11.1 Å². The summed E-state index contributed by atoms with van der Waals surface area (Å²) in [6, 6.07) is 16.6. The molecule has 1 aromatic heterocycles. The van der Waals surface area contributed by atoms with Gasteiger partial charge in [-0.05, 0) is 61.1 Å². The fourth-order valence-electron chi connectivity index (χ4n) is 9.48. The highest BCUT2D eigenvalue weighted by molar-refractivity contribution is 8.00. The molecule has 5 atom stereocenters. The van der Waals surface area contributed by atoms with Crippen molar-refractivity contribution in [3.8, 4) is 11.1 Å². The number of carbonyl (C=O) groups excluding carboxylic acids is 10. The molecule has 95 heavy (non-hydrogen) atoms. The predicted octanol–water partition coefficient (Wildman–Crippen LogP) is 2.88. The van der Waals surface area contributed by atoms with Gasteiger partial charge in [0.2, 0.25) is 41.4 Å². The summed E-state index contributed by atoms with van der Waals surface area (Å²) in [7, 11) is 0. The van der Waals surface area contributed by atoms with Crippen molar-refractivity contribution in [2.75, 3.05) is 90.5 Å². The van der Waals surface area contributed by atoms with Gasteiger partial charge < -0.3 is 75.9 Å². The van der Waals surface area contributed by atoms with Crippen molar-refractivity contribution in [1.29, 1.82) is 0 Å². The number of hydrogen-bond donors (Lipinski definition) is 8. The number of imide groups is 1. The lowest BCUT2D eigenvalue weighted by molar-refractivity contribution is -0.141. The molecule has 30 heteroatoms. The fourth-order valence-corrected chi connectivity index (χ4v) is 10.4. The minimum absolute atomic E-state index is 0.0328. The van der Waals surface area contributed by atoms with Crippen molar-refractivity contribution in [2.24, 2.45) is 11.1 Å². The van der Waals surface area contributed by atoms with Crippen molar-refractivity contribution in [2.45, 2.75) is 97.2 Å². The van der Waals surface area contributed by atoms with Crippen LogP contribution in [0.1, 0.15) is 76.7 Å². The zero-order chi connectivity index (χ0) is 69.5. The summed E-state index contributed by atoms with van der Waals surface area (Å²) in [5.74, 6) is -9.44. The van der Waals surface area contributed by atoms with Gasteiger partial charge in [0, 0.05) is 73.5 Å². The van der Waals surface area contributed by atoms with E-state index in [-0.39, 0.29) is 122 Å². The third-order valence-electron chi connectivity index (χ3n) is 14.2. The molecule has 0 aliphatic carbocycles. The van der Waals surface area contributed by atoms with E-state index in [9.17, 15) is 62.2 Å². The maximum atomic E-state index is 15.6. The molecule has 5 rings (SSSR count). The van der Waals surface area contributed by atoms with Gasteiger partial charge in [0.15, 0.2) is 0 Å². The first-order chi connectivity index (χ1) is 45.3. The first-order valence-corrected chi connectivity index (χ1v) is 31.8. The van der Waals surface area contributed by atoms with E-state index in [2.05, 4.69) is 31.9 Å². The topological polar surface area (TPSA) is 364 Å². The average molecular weight is 1350 g/mol. The van der Waals surface area contributed by atoms with Gasteiger partial charge >= 0.3 is 12.1 Å². The van der Waals surface area contributed by atoms with Crippen molar-refractivity contribution >= 4 is 77.0 Å². The number of halogens is 2. The molecule has 2 heterocycles. The van der Waals surface area contributed by atoms with E-state index >= 15 is 4.39 Å². The van der Waals surface area contributed by atoms with E-state index < -0.39 is 119 Å². The highest BCUT2D eigenvalue weighted by atomic mass is 32.2. The van der Waals surface area contributed by atoms with E-state index in [1.54, 1.807) is 47.5 Å². The van der Waals surface area contributed by atoms with Gasteiger partial charge in [-0.2, -0.15) is 0 Å². The first-order valence-electron chi connectivity index (χ1n) is 30.6. The third-order valence-corrected chi connectivity index (χ3v) is 15.2. The summed E-state index contributed by atoms with van der Waals surface area (Å²) in [5, 5.41) is 25.2. The zero-order valence-electron chi connectivity index (χ0n) is 53.7. The Morgan fingerprint density at radius 3 is 1.87 bits per heavy atom. The Morgan fingerprint density at radius 2 is 1.26 bits per heavy atom. The molecule has 0 radical (unpaired) electrons. The molecule has 1 unspecified atom stereocenters. The Morgan fingerprint density at radius 1 is 0.674 bits per heavy atom. The largest absolute Gasteiger partial charge is 0.480 e. The Balaban J connectivity index is 1.16. The third kappa shape index (κ3) is 27.0. The molecular weight excluding hydrogens is 1260 g/mol. The van der Waals surface area contributed by atoms with E-state index in [4.69, 9.17) is 29.4 Å². The van der Waals surface area contributed by atoms with Crippen molar-refractivity contribution < 1.29 is 90.3 Å². The lowest BCUT2D eigenvalue weighted by Crippen LogP contribution is -2.56. The molecular formula is C65H84F2N10O17S. The average Bonchev–Trinajstić information content (AvgIpc) is 1.66. The predicted molar refractivity (Wildman–Crippen MR) is 343 cm³/mol. The van der Waals surface area contributed by atoms with Crippen molar-refractivity contribution in [3.05, 3.63) is 132 Å². The lowest BCUT2D eigenvalue weighted by atomic mass is 9.83. The van der Waals surface area contributed by atoms with Gasteiger partial charge in [0.1, 0.15) is 49.0 Å². The molecule has 0 bridgehead atoms. The Bertz CT molecular complexity index is 3260. The number of carboxylic acid groups (broad SMARTS) is 1. The first kappa shape index (κ1) is 76.6. The van der Waals surface area contributed by atoms with Crippen molar-refractivity contribution in [3.63, 3.8) is 0 Å². The van der Waals surface area contributed by atoms with E-state index in [1.165, 1.54) is 13.8 Å². The van der Waals surface area contributed by atoms with Crippen LogP contribution in [0.5, 0.6) is 0 Å². The van der Waals surface area contributed by atoms with Crippen LogP contribution in [0, 0.1) is 17.0 Å². The second kappa shape index (κ2) is 39.6. The molecule has 9 N–H and O–H groups in total. The number of aromatic nitrogens is 1. The van der Waals surface area contributed by atoms with Gasteiger partial charge in [-0.1, -0.05) is 81.4 Å². The summed E-state index contributed by atoms with van der Waals surface area (Å²) < 4.78 is 59.2. The number of hydrogen-bond acceptors (Lipinski definition) is 17. The molecule has 4 aromatic rings. The number of alkyl carbamates (subject to hydrolysis) is 1. The summed E-state index contributed by atoms with van der Waals surface area (Å²) >= 11 is 0.940. The highest BCUT2D eigenvalue weighted by Crippen LogP contribution is 2.41. The fraction of sp³-hybridized carbons (Fsp3) is 0.462. The number of nitrogens with zero attached hydrogens (tertiary/aromatic N) is 3. The normalized spacial score (nSPS) is 13.6. The van der Waals surface area contributed by atoms with Gasteiger partial charge in [-0.3, -0.25) is 48.1 Å². The molecule has 1 aliphatic rings. The number of primary amides is 1. The van der Waals surface area contributed by atoms with Crippen LogP contribution in [-0.4, -0.2) is 199 Å². The number of carboxylic acids is 1. The number of rotatable bonds is 42. The van der Waals surface area contributed by atoms with Crippen molar-refractivity contribution in [1.82, 2.24) is 46.3 Å². The maximum absolute atomic E-state index is 15.6. The van der Waals surface area contributed by atoms with Crippen LogP contribution in [0.2, 0.25) is 0 Å². The number of nitrogens with two attached hydrogens (primary N) is 1. The molecule has 3 aromatic carbocycles. The number of aliphatic carboxylic acids is 1.